The van der Waals surface area contributed by atoms with Crippen molar-refractivity contribution in [1.29, 1.82) is 0 Å². The maximum Gasteiger partial charge on any atom is 0.254 e. The molecule has 0 radical (unpaired) electrons. The molecule has 1 amide bonds. The van der Waals surface area contributed by atoms with Gasteiger partial charge in [-0.3, -0.25) is 4.79 Å². The first-order chi connectivity index (χ1) is 11.0. The summed E-state index contributed by atoms with van der Waals surface area (Å²) in [6.45, 7) is 1.36. The molecule has 1 saturated heterocycles. The summed E-state index contributed by atoms with van der Waals surface area (Å²) < 4.78 is 25.7. The molecule has 23 heavy (non-hydrogen) atoms. The summed E-state index contributed by atoms with van der Waals surface area (Å²) >= 11 is 0. The molecule has 2 aromatic rings. The number of likely N-dealkylation sites (tertiary alicyclic amines) is 1. The van der Waals surface area contributed by atoms with Gasteiger partial charge in [0, 0.05) is 24.7 Å². The highest BCUT2D eigenvalue weighted by molar-refractivity contribution is 5.94. The lowest BCUT2D eigenvalue weighted by Crippen LogP contribution is -2.27. The molecule has 4 nitrogen and oxygen atoms in total. The van der Waals surface area contributed by atoms with Crippen LogP contribution in [-0.4, -0.2) is 34.1 Å². The molecule has 0 aliphatic carbocycles. The maximum absolute atomic E-state index is 12.9. The van der Waals surface area contributed by atoms with Crippen molar-refractivity contribution in [1.82, 2.24) is 4.90 Å². The lowest BCUT2D eigenvalue weighted by Gasteiger charge is -2.14. The fourth-order valence-electron chi connectivity index (χ4n) is 2.23. The number of halogens is 2. The predicted octanol–water partition coefficient (Wildman–Crippen LogP) is 3.30. The zero-order chi connectivity index (χ0) is 16.8. The molecule has 6 heteroatoms. The first kappa shape index (κ1) is 16.7. The number of amides is 1. The molecule has 0 bridgehead atoms. The minimum absolute atomic E-state index is 0.0920. The Hall–Kier alpha value is -2.63. The van der Waals surface area contributed by atoms with Crippen LogP contribution in [0.3, 0.4) is 0 Å². The second-order valence-electron chi connectivity index (χ2n) is 5.17. The summed E-state index contributed by atoms with van der Waals surface area (Å²) in [5.74, 6) is -1.37. The third-order valence-electron chi connectivity index (χ3n) is 3.35. The van der Waals surface area contributed by atoms with Gasteiger partial charge < -0.3 is 15.1 Å². The van der Waals surface area contributed by atoms with Crippen LogP contribution in [0.1, 0.15) is 23.2 Å². The zero-order valence-corrected chi connectivity index (χ0v) is 12.4. The van der Waals surface area contributed by atoms with Gasteiger partial charge in [0.15, 0.2) is 0 Å². The molecule has 2 aromatic carbocycles. The minimum Gasteiger partial charge on any atom is -0.508 e. The average molecular weight is 321 g/mol. The smallest absolute Gasteiger partial charge is 0.254 e. The van der Waals surface area contributed by atoms with Gasteiger partial charge in [-0.25, -0.2) is 8.78 Å². The molecular weight excluding hydrogens is 304 g/mol. The van der Waals surface area contributed by atoms with Gasteiger partial charge in [-0.2, -0.15) is 0 Å². The van der Waals surface area contributed by atoms with E-state index in [1.54, 1.807) is 4.90 Å². The van der Waals surface area contributed by atoms with E-state index in [1.807, 2.05) is 0 Å². The molecule has 1 aliphatic rings. The lowest BCUT2D eigenvalue weighted by atomic mass is 10.2. The number of hydrogen-bond acceptors (Lipinski definition) is 3. The van der Waals surface area contributed by atoms with E-state index in [2.05, 4.69) is 0 Å². The van der Waals surface area contributed by atoms with Crippen molar-refractivity contribution in [3.8, 4) is 11.5 Å². The summed E-state index contributed by atoms with van der Waals surface area (Å²) in [7, 11) is 0. The van der Waals surface area contributed by atoms with Crippen molar-refractivity contribution < 1.29 is 23.8 Å². The number of carbonyl (C=O) groups excluding carboxylic acids is 1. The third kappa shape index (κ3) is 4.95. The molecule has 0 spiro atoms. The van der Waals surface area contributed by atoms with E-state index in [0.717, 1.165) is 31.0 Å². The first-order valence-corrected chi connectivity index (χ1v) is 7.19. The highest BCUT2D eigenvalue weighted by atomic mass is 19.1. The molecule has 1 fully saturated rings. The van der Waals surface area contributed by atoms with E-state index in [0.29, 0.717) is 13.1 Å². The van der Waals surface area contributed by atoms with Crippen molar-refractivity contribution >= 4 is 5.91 Å². The molecule has 1 aliphatic heterocycles. The molecule has 1 heterocycles. The van der Waals surface area contributed by atoms with E-state index >= 15 is 0 Å². The quantitative estimate of drug-likeness (QED) is 0.792. The standard InChI is InChI=1S/C11H11F2NO.C6H6O2/c12-9-5-8(6-10(13)7-9)11(15)14-3-1-2-4-14;7-5-1-2-6(8)4-3-5/h5-7H,1-4H2;1-4,7-8H. The summed E-state index contributed by atoms with van der Waals surface area (Å²) in [5, 5.41) is 17.3. The van der Waals surface area contributed by atoms with E-state index in [9.17, 15) is 13.6 Å². The molecule has 0 unspecified atom stereocenters. The second kappa shape index (κ2) is 7.58. The van der Waals surface area contributed by atoms with Gasteiger partial charge in [-0.05, 0) is 49.2 Å². The number of phenols is 2. The van der Waals surface area contributed by atoms with E-state index in [1.165, 1.54) is 24.3 Å². The normalized spacial score (nSPS) is 13.4. The van der Waals surface area contributed by atoms with Crippen LogP contribution >= 0.6 is 0 Å². The van der Waals surface area contributed by atoms with Gasteiger partial charge in [0.05, 0.1) is 0 Å². The number of benzene rings is 2. The van der Waals surface area contributed by atoms with E-state index in [-0.39, 0.29) is 23.0 Å². The molecule has 0 atom stereocenters. The molecule has 122 valence electrons. The molecular formula is C17H17F2NO3. The Morgan fingerprint density at radius 2 is 1.30 bits per heavy atom. The average Bonchev–Trinajstić information content (AvgIpc) is 3.03. The van der Waals surface area contributed by atoms with E-state index in [4.69, 9.17) is 10.2 Å². The fraction of sp³-hybridized carbons (Fsp3) is 0.235. The van der Waals surface area contributed by atoms with E-state index < -0.39 is 11.6 Å². The third-order valence-corrected chi connectivity index (χ3v) is 3.35. The number of aromatic hydroxyl groups is 2. The van der Waals surface area contributed by atoms with Gasteiger partial charge in [0.25, 0.3) is 5.91 Å². The second-order valence-corrected chi connectivity index (χ2v) is 5.17. The monoisotopic (exact) mass is 321 g/mol. The Morgan fingerprint density at radius 3 is 1.74 bits per heavy atom. The summed E-state index contributed by atoms with van der Waals surface area (Å²) in [4.78, 5) is 13.4. The summed E-state index contributed by atoms with van der Waals surface area (Å²) in [5.41, 5.74) is 0.0920. The maximum atomic E-state index is 12.9. The molecule has 0 saturated carbocycles. The van der Waals surface area contributed by atoms with Crippen LogP contribution in [0.15, 0.2) is 42.5 Å². The predicted molar refractivity (Wildman–Crippen MR) is 81.3 cm³/mol. The first-order valence-electron chi connectivity index (χ1n) is 7.19. The van der Waals surface area contributed by atoms with Crippen LogP contribution in [0.5, 0.6) is 11.5 Å². The van der Waals surface area contributed by atoms with Gasteiger partial charge in [0.2, 0.25) is 0 Å². The Bertz CT molecular complexity index is 627. The number of carbonyl (C=O) groups is 1. The van der Waals surface area contributed by atoms with Gasteiger partial charge in [0.1, 0.15) is 23.1 Å². The molecule has 3 rings (SSSR count). The summed E-state index contributed by atoms with van der Waals surface area (Å²) in [6, 6.07) is 8.61. The SMILES string of the molecule is O=C(c1cc(F)cc(F)c1)N1CCCC1.Oc1ccc(O)cc1. The zero-order valence-electron chi connectivity index (χ0n) is 12.4. The number of hydrogen-bond donors (Lipinski definition) is 2. The Balaban J connectivity index is 0.000000203. The number of phenolic OH excluding ortho intramolecular Hbond substituents is 2. The molecule has 0 aromatic heterocycles. The van der Waals surface area contributed by atoms with Crippen molar-refractivity contribution in [2.75, 3.05) is 13.1 Å². The van der Waals surface area contributed by atoms with Crippen LogP contribution in [-0.2, 0) is 0 Å². The van der Waals surface area contributed by atoms with Gasteiger partial charge >= 0.3 is 0 Å². The van der Waals surface area contributed by atoms with Crippen LogP contribution in [0.4, 0.5) is 8.78 Å². The van der Waals surface area contributed by atoms with Gasteiger partial charge in [-0.15, -0.1) is 0 Å². The van der Waals surface area contributed by atoms with Crippen LogP contribution in [0, 0.1) is 11.6 Å². The minimum atomic E-state index is -0.711. The topological polar surface area (TPSA) is 60.8 Å². The Kier molecular flexibility index (Phi) is 5.51. The number of nitrogens with zero attached hydrogens (tertiary/aromatic N) is 1. The highest BCUT2D eigenvalue weighted by Gasteiger charge is 2.20. The van der Waals surface area contributed by atoms with Gasteiger partial charge in [-0.1, -0.05) is 0 Å². The summed E-state index contributed by atoms with van der Waals surface area (Å²) in [6.07, 6.45) is 1.92. The van der Waals surface area contributed by atoms with Crippen LogP contribution in [0.2, 0.25) is 0 Å². The highest BCUT2D eigenvalue weighted by Crippen LogP contribution is 2.15. The lowest BCUT2D eigenvalue weighted by molar-refractivity contribution is 0.0791. The van der Waals surface area contributed by atoms with Crippen molar-refractivity contribution in [3.63, 3.8) is 0 Å². The fourth-order valence-corrected chi connectivity index (χ4v) is 2.23. The molecule has 2 N–H and O–H groups in total. The Labute approximate surface area is 132 Å². The van der Waals surface area contributed by atoms with Crippen LogP contribution < -0.4 is 0 Å². The largest absolute Gasteiger partial charge is 0.508 e. The Morgan fingerprint density at radius 1 is 0.870 bits per heavy atom. The van der Waals surface area contributed by atoms with Crippen LogP contribution in [0.25, 0.3) is 0 Å². The van der Waals surface area contributed by atoms with Crippen molar-refractivity contribution in [3.05, 3.63) is 59.7 Å². The van der Waals surface area contributed by atoms with Crippen molar-refractivity contribution in [2.24, 2.45) is 0 Å². The van der Waals surface area contributed by atoms with Crippen molar-refractivity contribution in [2.45, 2.75) is 12.8 Å². The number of rotatable bonds is 1.